The van der Waals surface area contributed by atoms with Gasteiger partial charge in [-0.05, 0) is 99.0 Å². The molecule has 3 aromatic heterocycles. The van der Waals surface area contributed by atoms with E-state index >= 15 is 0 Å². The van der Waals surface area contributed by atoms with Crippen LogP contribution in [-0.4, -0.2) is 112 Å². The van der Waals surface area contributed by atoms with Crippen LogP contribution in [0.3, 0.4) is 0 Å². The quantitative estimate of drug-likeness (QED) is 0.200. The van der Waals surface area contributed by atoms with E-state index < -0.39 is 23.8 Å². The van der Waals surface area contributed by atoms with Crippen LogP contribution in [0.15, 0.2) is 73.2 Å². The molecule has 0 bridgehead atoms. The van der Waals surface area contributed by atoms with Gasteiger partial charge in [0, 0.05) is 104 Å². The second kappa shape index (κ2) is 14.0. The molecule has 8 heterocycles. The Morgan fingerprint density at radius 2 is 1.59 bits per heavy atom. The highest BCUT2D eigenvalue weighted by Gasteiger charge is 2.52. The van der Waals surface area contributed by atoms with Crippen molar-refractivity contribution in [1.82, 2.24) is 29.7 Å². The van der Waals surface area contributed by atoms with Crippen molar-refractivity contribution >= 4 is 56.9 Å². The maximum Gasteiger partial charge on any atom is 0.262 e. The normalized spacial score (nSPS) is 22.6. The Bertz CT molecular complexity index is 2520. The van der Waals surface area contributed by atoms with Crippen molar-refractivity contribution in [3.05, 3.63) is 84.3 Å². The van der Waals surface area contributed by atoms with E-state index in [0.717, 1.165) is 92.1 Å². The van der Waals surface area contributed by atoms with Gasteiger partial charge >= 0.3 is 0 Å². The van der Waals surface area contributed by atoms with Gasteiger partial charge in [0.1, 0.15) is 11.9 Å². The summed E-state index contributed by atoms with van der Waals surface area (Å²) in [5.41, 5.74) is 6.61. The van der Waals surface area contributed by atoms with Gasteiger partial charge in [0.25, 0.3) is 11.8 Å². The molecule has 1 saturated carbocycles. The van der Waals surface area contributed by atoms with Crippen LogP contribution in [0.5, 0.6) is 0 Å². The van der Waals surface area contributed by atoms with E-state index in [4.69, 9.17) is 9.72 Å². The predicted octanol–water partition coefficient (Wildman–Crippen LogP) is 5.17. The molecule has 11 rings (SSSR count). The van der Waals surface area contributed by atoms with Crippen LogP contribution in [0.1, 0.15) is 65.7 Å². The monoisotopic (exact) mass is 792 g/mol. The number of aromatic nitrogens is 3. The molecule has 13 heteroatoms. The van der Waals surface area contributed by atoms with Gasteiger partial charge in [-0.3, -0.25) is 34.4 Å². The molecule has 13 nitrogen and oxygen atoms in total. The topological polar surface area (TPSA) is 133 Å². The highest BCUT2D eigenvalue weighted by Crippen LogP contribution is 2.54. The Hall–Kier alpha value is -5.66. The third kappa shape index (κ3) is 6.28. The maximum atomic E-state index is 13.3. The number of rotatable bonds is 9. The zero-order chi connectivity index (χ0) is 40.0. The number of anilines is 2. The first-order valence-corrected chi connectivity index (χ1v) is 21.2. The van der Waals surface area contributed by atoms with Crippen LogP contribution < -0.4 is 15.1 Å². The van der Waals surface area contributed by atoms with E-state index in [0.29, 0.717) is 22.6 Å². The number of ether oxygens (including phenoxy) is 1. The number of amides is 4. The van der Waals surface area contributed by atoms with Gasteiger partial charge < -0.3 is 24.0 Å². The fourth-order valence-corrected chi connectivity index (χ4v) is 10.8. The average molecular weight is 793 g/mol. The minimum Gasteiger partial charge on any atom is -0.371 e. The lowest BCUT2D eigenvalue weighted by Gasteiger charge is -2.60. The summed E-state index contributed by atoms with van der Waals surface area (Å²) < 4.78 is 8.79. The van der Waals surface area contributed by atoms with Crippen LogP contribution in [-0.2, 0) is 21.4 Å². The van der Waals surface area contributed by atoms with Gasteiger partial charge in [0.05, 0.1) is 28.9 Å². The standard InChI is InChI=1S/C46H48N8O5/c1-50-38-10-14-47-23-37(38)34-5-2-29(18-40(34)50)30-3-8-41(48-22-30)52-24-33(25-52)59-32-12-16-51(17-13-32)15-11-28-20-46(21-28)26-53(27-46)31-4-6-35-36(19-31)45(58)54(44(35)57)39-7-9-42(55)49-43(39)56/h2-6,8,10,14,18-19,22-23,28,32-33,39H,7,9,11-13,15-17,20-21,24-27H2,1H3,(H,49,55,56). The molecule has 1 atom stereocenters. The molecule has 4 saturated heterocycles. The zero-order valence-electron chi connectivity index (χ0n) is 33.3. The van der Waals surface area contributed by atoms with Crippen LogP contribution in [0.2, 0.25) is 0 Å². The van der Waals surface area contributed by atoms with Crippen molar-refractivity contribution in [2.75, 3.05) is 55.6 Å². The fourth-order valence-electron chi connectivity index (χ4n) is 10.8. The molecule has 59 heavy (non-hydrogen) atoms. The minimum atomic E-state index is -0.945. The summed E-state index contributed by atoms with van der Waals surface area (Å²) in [5.74, 6) is -0.117. The molecule has 5 aromatic rings. The molecule has 1 aliphatic carbocycles. The van der Waals surface area contributed by atoms with Crippen LogP contribution in [0, 0.1) is 11.3 Å². The third-order valence-electron chi connectivity index (χ3n) is 14.1. The van der Waals surface area contributed by atoms with Crippen molar-refractivity contribution in [3.63, 3.8) is 0 Å². The summed E-state index contributed by atoms with van der Waals surface area (Å²) in [7, 11) is 2.11. The minimum absolute atomic E-state index is 0.112. The number of carbonyl (C=O) groups excluding carboxylic acids is 4. The summed E-state index contributed by atoms with van der Waals surface area (Å²) in [6, 6.07) is 17.5. The second-order valence-electron chi connectivity index (χ2n) is 17.9. The number of carbonyl (C=O) groups is 4. The van der Waals surface area contributed by atoms with Crippen molar-refractivity contribution in [1.29, 1.82) is 0 Å². The van der Waals surface area contributed by atoms with E-state index in [-0.39, 0.29) is 24.9 Å². The first-order chi connectivity index (χ1) is 28.7. The molecule has 5 fully saturated rings. The Labute approximate surface area is 342 Å². The first-order valence-electron chi connectivity index (χ1n) is 21.2. The number of hydrogen-bond donors (Lipinski definition) is 1. The lowest BCUT2D eigenvalue weighted by Crippen LogP contribution is -2.62. The summed E-state index contributed by atoms with van der Waals surface area (Å²) in [5, 5.41) is 4.65. The second-order valence-corrected chi connectivity index (χ2v) is 17.9. The number of likely N-dealkylation sites (tertiary alicyclic amines) is 1. The molecular formula is C46H48N8O5. The predicted molar refractivity (Wildman–Crippen MR) is 223 cm³/mol. The average Bonchev–Trinajstić information content (AvgIpc) is 3.63. The van der Waals surface area contributed by atoms with E-state index in [1.807, 2.05) is 30.7 Å². The SMILES string of the molecule is Cn1c2ccncc2c2ccc(-c3ccc(N4CC(OC5CCN(CCC6CC7(C6)CN(c6ccc8c(c6)C(=O)N(C6CCC(=O)NC6=O)C8=O)C7)CC5)C4)nc3)cc21. The van der Waals surface area contributed by atoms with E-state index in [9.17, 15) is 19.2 Å². The molecule has 1 spiro atoms. The summed E-state index contributed by atoms with van der Waals surface area (Å²) in [6.07, 6.45) is 12.5. The van der Waals surface area contributed by atoms with E-state index in [1.165, 1.54) is 41.1 Å². The molecule has 5 aliphatic heterocycles. The number of fused-ring (bicyclic) bond motifs is 4. The molecular weight excluding hydrogens is 745 g/mol. The Kier molecular flexibility index (Phi) is 8.63. The van der Waals surface area contributed by atoms with Gasteiger partial charge in [-0.25, -0.2) is 4.98 Å². The molecule has 6 aliphatic rings. The Morgan fingerprint density at radius 3 is 2.37 bits per heavy atom. The highest BCUT2D eigenvalue weighted by atomic mass is 16.5. The van der Waals surface area contributed by atoms with Crippen LogP contribution >= 0.6 is 0 Å². The molecule has 1 N–H and O–H groups in total. The number of pyridine rings is 2. The number of piperidine rings is 2. The highest BCUT2D eigenvalue weighted by molar-refractivity contribution is 6.23. The lowest BCUT2D eigenvalue weighted by molar-refractivity contribution is -0.136. The molecule has 1 unspecified atom stereocenters. The fraction of sp³-hybridized carbons (Fsp3) is 0.435. The van der Waals surface area contributed by atoms with E-state index in [1.54, 1.807) is 6.07 Å². The zero-order valence-corrected chi connectivity index (χ0v) is 33.3. The maximum absolute atomic E-state index is 13.3. The number of hydrogen-bond acceptors (Lipinski definition) is 10. The summed E-state index contributed by atoms with van der Waals surface area (Å²) in [6.45, 7) is 7.04. The number of nitrogens with one attached hydrogen (secondary N) is 1. The largest absolute Gasteiger partial charge is 0.371 e. The first kappa shape index (κ1) is 36.4. The van der Waals surface area contributed by atoms with Gasteiger partial charge in [-0.1, -0.05) is 12.1 Å². The molecule has 0 radical (unpaired) electrons. The third-order valence-corrected chi connectivity index (χ3v) is 14.1. The number of aryl methyl sites for hydroxylation is 1. The van der Waals surface area contributed by atoms with Gasteiger partial charge in [-0.15, -0.1) is 0 Å². The number of imide groups is 2. The van der Waals surface area contributed by atoms with Crippen LogP contribution in [0.4, 0.5) is 11.5 Å². The van der Waals surface area contributed by atoms with Gasteiger partial charge in [0.2, 0.25) is 11.8 Å². The lowest BCUT2D eigenvalue weighted by atomic mass is 9.57. The summed E-state index contributed by atoms with van der Waals surface area (Å²) in [4.78, 5) is 67.8. The summed E-state index contributed by atoms with van der Waals surface area (Å²) >= 11 is 0. The molecule has 4 amide bonds. The smallest absolute Gasteiger partial charge is 0.262 e. The van der Waals surface area contributed by atoms with Crippen molar-refractivity contribution in [2.24, 2.45) is 18.4 Å². The number of nitrogens with zero attached hydrogens (tertiary/aromatic N) is 7. The molecule has 302 valence electrons. The van der Waals surface area contributed by atoms with Crippen molar-refractivity contribution in [3.8, 4) is 11.1 Å². The Morgan fingerprint density at radius 1 is 0.797 bits per heavy atom. The van der Waals surface area contributed by atoms with E-state index in [2.05, 4.69) is 73.0 Å². The van der Waals surface area contributed by atoms with Gasteiger partial charge in [-0.2, -0.15) is 0 Å². The van der Waals surface area contributed by atoms with Crippen molar-refractivity contribution < 1.29 is 23.9 Å². The van der Waals surface area contributed by atoms with Crippen molar-refractivity contribution in [2.45, 2.75) is 63.2 Å². The Balaban J connectivity index is 0.597. The number of benzene rings is 2. The molecule has 2 aromatic carbocycles. The van der Waals surface area contributed by atoms with Crippen LogP contribution in [0.25, 0.3) is 32.9 Å². The van der Waals surface area contributed by atoms with Gasteiger partial charge in [0.15, 0.2) is 0 Å².